The smallest absolute Gasteiger partial charge is 0.000710 e. The third-order valence-corrected chi connectivity index (χ3v) is 5.63. The molecule has 0 spiro atoms. The van der Waals surface area contributed by atoms with Crippen molar-refractivity contribution in [3.8, 4) is 0 Å². The lowest BCUT2D eigenvalue weighted by Gasteiger charge is -2.16. The predicted molar refractivity (Wildman–Crippen MR) is 134 cm³/mol. The third-order valence-electron chi connectivity index (χ3n) is 5.63. The van der Waals surface area contributed by atoms with Crippen molar-refractivity contribution in [1.29, 1.82) is 0 Å². The number of rotatable bonds is 7. The highest BCUT2D eigenvalue weighted by Gasteiger charge is 2.11. The quantitative estimate of drug-likeness (QED) is 0.217. The Morgan fingerprint density at radius 3 is 1.68 bits per heavy atom. The van der Waals surface area contributed by atoms with Gasteiger partial charge in [0.15, 0.2) is 0 Å². The van der Waals surface area contributed by atoms with Gasteiger partial charge in [0.05, 0.1) is 0 Å². The van der Waals surface area contributed by atoms with E-state index in [2.05, 4.69) is 140 Å². The molecule has 0 heterocycles. The second kappa shape index (κ2) is 10.4. The molecule has 4 aromatic rings. The predicted octanol–water partition coefficient (Wildman–Crippen LogP) is 8.20. The van der Waals surface area contributed by atoms with E-state index in [1.807, 2.05) is 0 Å². The van der Waals surface area contributed by atoms with Crippen molar-refractivity contribution in [3.05, 3.63) is 156 Å². The fraction of sp³-hybridized carbons (Fsp3) is 0.0968. The zero-order valence-corrected chi connectivity index (χ0v) is 18.0. The SMILES string of the molecule is CC(/C=C\C(=C(/Cc1ccccc1)c1ccccc1)c1ccccc1)c1ccccc1. The summed E-state index contributed by atoms with van der Waals surface area (Å²) in [6, 6.07) is 42.9. The Labute approximate surface area is 186 Å². The van der Waals surface area contributed by atoms with Crippen LogP contribution in [-0.4, -0.2) is 0 Å². The Hall–Kier alpha value is -3.64. The summed E-state index contributed by atoms with van der Waals surface area (Å²) in [5.74, 6) is 0.341. The van der Waals surface area contributed by atoms with Gasteiger partial charge in [-0.05, 0) is 45.7 Å². The Bertz CT molecular complexity index is 1120. The van der Waals surface area contributed by atoms with Gasteiger partial charge in [0.25, 0.3) is 0 Å². The highest BCUT2D eigenvalue weighted by atomic mass is 14.2. The van der Waals surface area contributed by atoms with Crippen LogP contribution in [0, 0.1) is 0 Å². The lowest BCUT2D eigenvalue weighted by Crippen LogP contribution is -1.97. The van der Waals surface area contributed by atoms with Crippen molar-refractivity contribution in [2.24, 2.45) is 0 Å². The van der Waals surface area contributed by atoms with Crippen LogP contribution in [0.2, 0.25) is 0 Å². The average Bonchev–Trinajstić information content (AvgIpc) is 2.85. The molecule has 0 heteroatoms. The van der Waals surface area contributed by atoms with Crippen molar-refractivity contribution in [1.82, 2.24) is 0 Å². The van der Waals surface area contributed by atoms with Crippen molar-refractivity contribution in [3.63, 3.8) is 0 Å². The first kappa shape index (κ1) is 20.6. The third kappa shape index (κ3) is 5.49. The van der Waals surface area contributed by atoms with Crippen LogP contribution in [-0.2, 0) is 6.42 Å². The van der Waals surface area contributed by atoms with Crippen LogP contribution in [0.15, 0.2) is 133 Å². The number of benzene rings is 4. The minimum absolute atomic E-state index is 0.341. The number of allylic oxidation sites excluding steroid dienone is 4. The van der Waals surface area contributed by atoms with Crippen molar-refractivity contribution < 1.29 is 0 Å². The molecule has 1 unspecified atom stereocenters. The zero-order valence-electron chi connectivity index (χ0n) is 18.0. The minimum Gasteiger partial charge on any atom is -0.0767 e. The molecule has 0 aliphatic heterocycles. The summed E-state index contributed by atoms with van der Waals surface area (Å²) in [6.45, 7) is 2.26. The van der Waals surface area contributed by atoms with Crippen molar-refractivity contribution in [2.45, 2.75) is 19.3 Å². The molecular weight excluding hydrogens is 372 g/mol. The van der Waals surface area contributed by atoms with Gasteiger partial charge in [0.2, 0.25) is 0 Å². The summed E-state index contributed by atoms with van der Waals surface area (Å²) in [4.78, 5) is 0. The van der Waals surface area contributed by atoms with Crippen molar-refractivity contribution in [2.75, 3.05) is 0 Å². The highest BCUT2D eigenvalue weighted by Crippen LogP contribution is 2.31. The molecule has 4 rings (SSSR count). The molecule has 0 fully saturated rings. The molecule has 0 bridgehead atoms. The van der Waals surface area contributed by atoms with E-state index in [1.165, 1.54) is 33.4 Å². The maximum atomic E-state index is 2.33. The van der Waals surface area contributed by atoms with Gasteiger partial charge in [0.1, 0.15) is 0 Å². The molecule has 0 aliphatic carbocycles. The van der Waals surface area contributed by atoms with E-state index < -0.39 is 0 Å². The molecule has 0 saturated heterocycles. The fourth-order valence-electron chi connectivity index (χ4n) is 3.89. The molecule has 1 atom stereocenters. The number of hydrogen-bond donors (Lipinski definition) is 0. The molecular formula is C31H28. The van der Waals surface area contributed by atoms with Gasteiger partial charge in [-0.3, -0.25) is 0 Å². The van der Waals surface area contributed by atoms with Crippen LogP contribution in [0.5, 0.6) is 0 Å². The standard InChI is InChI=1S/C31H28/c1-25(27-16-8-3-9-17-27)22-23-30(28-18-10-4-11-19-28)31(29-20-12-5-13-21-29)24-26-14-6-2-7-15-26/h2-23,25H,24H2,1H3/b23-22-,31-30-. The Kier molecular flexibility index (Phi) is 6.92. The van der Waals surface area contributed by atoms with Crippen LogP contribution in [0.1, 0.15) is 35.1 Å². The molecule has 0 nitrogen and oxygen atoms in total. The van der Waals surface area contributed by atoms with Gasteiger partial charge in [0, 0.05) is 0 Å². The monoisotopic (exact) mass is 400 g/mol. The average molecular weight is 401 g/mol. The first-order chi connectivity index (χ1) is 15.3. The number of hydrogen-bond acceptors (Lipinski definition) is 0. The molecule has 0 amide bonds. The van der Waals surface area contributed by atoms with Crippen LogP contribution >= 0.6 is 0 Å². The van der Waals surface area contributed by atoms with Crippen LogP contribution in [0.25, 0.3) is 11.1 Å². The fourth-order valence-corrected chi connectivity index (χ4v) is 3.89. The molecule has 0 radical (unpaired) electrons. The Balaban J connectivity index is 1.83. The van der Waals surface area contributed by atoms with Gasteiger partial charge in [-0.2, -0.15) is 0 Å². The van der Waals surface area contributed by atoms with E-state index in [-0.39, 0.29) is 0 Å². The lowest BCUT2D eigenvalue weighted by atomic mass is 9.89. The first-order valence-corrected chi connectivity index (χ1v) is 10.9. The normalized spacial score (nSPS) is 13.1. The van der Waals surface area contributed by atoms with E-state index >= 15 is 0 Å². The van der Waals surface area contributed by atoms with E-state index in [1.54, 1.807) is 0 Å². The molecule has 0 aromatic heterocycles. The van der Waals surface area contributed by atoms with Crippen LogP contribution in [0.4, 0.5) is 0 Å². The molecule has 4 aromatic carbocycles. The van der Waals surface area contributed by atoms with E-state index in [4.69, 9.17) is 0 Å². The topological polar surface area (TPSA) is 0 Å². The zero-order chi connectivity index (χ0) is 21.3. The summed E-state index contributed by atoms with van der Waals surface area (Å²) in [5.41, 5.74) is 7.78. The Morgan fingerprint density at radius 1 is 0.613 bits per heavy atom. The lowest BCUT2D eigenvalue weighted by molar-refractivity contribution is 0.968. The summed E-state index contributed by atoms with van der Waals surface area (Å²) in [7, 11) is 0. The van der Waals surface area contributed by atoms with Crippen LogP contribution in [0.3, 0.4) is 0 Å². The van der Waals surface area contributed by atoms with Gasteiger partial charge < -0.3 is 0 Å². The van der Waals surface area contributed by atoms with Gasteiger partial charge in [-0.15, -0.1) is 0 Å². The minimum atomic E-state index is 0.341. The summed E-state index contributed by atoms with van der Waals surface area (Å²) in [5, 5.41) is 0. The second-order valence-corrected chi connectivity index (χ2v) is 7.85. The molecule has 0 saturated carbocycles. The maximum absolute atomic E-state index is 2.33. The van der Waals surface area contributed by atoms with Gasteiger partial charge in [-0.25, -0.2) is 0 Å². The molecule has 152 valence electrons. The molecule has 31 heavy (non-hydrogen) atoms. The highest BCUT2D eigenvalue weighted by molar-refractivity contribution is 5.96. The van der Waals surface area contributed by atoms with E-state index in [0.29, 0.717) is 5.92 Å². The molecule has 0 N–H and O–H groups in total. The largest absolute Gasteiger partial charge is 0.0767 e. The first-order valence-electron chi connectivity index (χ1n) is 10.9. The van der Waals surface area contributed by atoms with Crippen LogP contribution < -0.4 is 0 Å². The van der Waals surface area contributed by atoms with E-state index in [0.717, 1.165) is 6.42 Å². The second-order valence-electron chi connectivity index (χ2n) is 7.85. The maximum Gasteiger partial charge on any atom is -0.000710 e. The van der Waals surface area contributed by atoms with Crippen molar-refractivity contribution >= 4 is 11.1 Å². The van der Waals surface area contributed by atoms with Gasteiger partial charge >= 0.3 is 0 Å². The summed E-state index contributed by atoms with van der Waals surface area (Å²) >= 11 is 0. The molecule has 0 aliphatic rings. The summed E-state index contributed by atoms with van der Waals surface area (Å²) < 4.78 is 0. The van der Waals surface area contributed by atoms with E-state index in [9.17, 15) is 0 Å². The Morgan fingerprint density at radius 2 is 1.10 bits per heavy atom. The van der Waals surface area contributed by atoms with Gasteiger partial charge in [-0.1, -0.05) is 140 Å². The summed E-state index contributed by atoms with van der Waals surface area (Å²) in [6.07, 6.45) is 5.53.